The van der Waals surface area contributed by atoms with E-state index >= 15 is 0 Å². The first-order valence-electron chi connectivity index (χ1n) is 7.64. The molecule has 0 aliphatic heterocycles. The number of amides is 1. The second-order valence-electron chi connectivity index (χ2n) is 5.51. The molecule has 23 heavy (non-hydrogen) atoms. The Hall–Kier alpha value is -2.69. The molecule has 5 heteroatoms. The van der Waals surface area contributed by atoms with Crippen LogP contribution in [0, 0.1) is 10.1 Å². The maximum Gasteiger partial charge on any atom is 0.273 e. The van der Waals surface area contributed by atoms with Gasteiger partial charge < -0.3 is 5.32 Å². The van der Waals surface area contributed by atoms with Crippen molar-refractivity contribution in [2.45, 2.75) is 32.6 Å². The maximum atomic E-state index is 12.3. The van der Waals surface area contributed by atoms with Crippen LogP contribution in [0.5, 0.6) is 0 Å². The van der Waals surface area contributed by atoms with E-state index in [1.807, 2.05) is 24.3 Å². The number of nitrogens with zero attached hydrogens (tertiary/aromatic N) is 1. The molecule has 1 N–H and O–H groups in total. The number of carbonyl (C=O) groups excluding carboxylic acids is 1. The molecule has 0 spiro atoms. The summed E-state index contributed by atoms with van der Waals surface area (Å²) in [6, 6.07) is 14.0. The Bertz CT molecular complexity index is 713. The highest BCUT2D eigenvalue weighted by Crippen LogP contribution is 2.27. The lowest BCUT2D eigenvalue weighted by atomic mass is 9.97. The molecule has 0 aliphatic carbocycles. The Balaban J connectivity index is 2.17. The van der Waals surface area contributed by atoms with E-state index in [1.54, 1.807) is 18.2 Å². The van der Waals surface area contributed by atoms with Crippen LogP contribution >= 0.6 is 0 Å². The summed E-state index contributed by atoms with van der Waals surface area (Å²) in [5, 5.41) is 13.9. The number of anilines is 1. The second-order valence-corrected chi connectivity index (χ2v) is 5.51. The van der Waals surface area contributed by atoms with Crippen molar-refractivity contribution in [1.82, 2.24) is 0 Å². The fourth-order valence-electron chi connectivity index (χ4n) is 2.47. The zero-order valence-electron chi connectivity index (χ0n) is 13.3. The molecule has 0 saturated heterocycles. The molecule has 0 radical (unpaired) electrons. The number of benzene rings is 2. The van der Waals surface area contributed by atoms with E-state index in [0.717, 1.165) is 17.7 Å². The van der Waals surface area contributed by atoms with Crippen molar-refractivity contribution in [1.29, 1.82) is 0 Å². The van der Waals surface area contributed by atoms with Gasteiger partial charge in [-0.3, -0.25) is 14.9 Å². The highest BCUT2D eigenvalue weighted by Gasteiger charge is 2.17. The monoisotopic (exact) mass is 312 g/mol. The third-order valence-electron chi connectivity index (χ3n) is 3.92. The summed E-state index contributed by atoms with van der Waals surface area (Å²) in [7, 11) is 0. The number of para-hydroxylation sites is 2. The van der Waals surface area contributed by atoms with Crippen LogP contribution in [-0.2, 0) is 11.2 Å². The van der Waals surface area contributed by atoms with E-state index < -0.39 is 4.92 Å². The smallest absolute Gasteiger partial charge is 0.273 e. The Morgan fingerprint density at radius 2 is 1.83 bits per heavy atom. The minimum atomic E-state index is -0.463. The van der Waals surface area contributed by atoms with Gasteiger partial charge in [0.1, 0.15) is 0 Å². The summed E-state index contributed by atoms with van der Waals surface area (Å²) in [5.74, 6) is 0.0765. The molecule has 0 heterocycles. The lowest BCUT2D eigenvalue weighted by molar-refractivity contribution is -0.385. The lowest BCUT2D eigenvalue weighted by Crippen LogP contribution is -2.16. The van der Waals surface area contributed by atoms with Crippen LogP contribution in [0.15, 0.2) is 48.5 Å². The molecule has 0 fully saturated rings. The van der Waals surface area contributed by atoms with Crippen molar-refractivity contribution >= 4 is 17.3 Å². The van der Waals surface area contributed by atoms with Gasteiger partial charge in [0, 0.05) is 17.3 Å². The molecule has 0 bridgehead atoms. The molecule has 1 atom stereocenters. The van der Waals surface area contributed by atoms with Crippen molar-refractivity contribution in [3.8, 4) is 0 Å². The molecule has 1 unspecified atom stereocenters. The topological polar surface area (TPSA) is 72.2 Å². The first kappa shape index (κ1) is 16.7. The zero-order chi connectivity index (χ0) is 16.8. The summed E-state index contributed by atoms with van der Waals surface area (Å²) in [6.45, 7) is 4.20. The first-order chi connectivity index (χ1) is 11.0. The molecule has 0 saturated carbocycles. The van der Waals surface area contributed by atoms with E-state index in [2.05, 4.69) is 19.2 Å². The first-order valence-corrected chi connectivity index (χ1v) is 7.64. The number of hydrogen-bond donors (Lipinski definition) is 1. The van der Waals surface area contributed by atoms with Crippen LogP contribution in [0.4, 0.5) is 11.4 Å². The highest BCUT2D eigenvalue weighted by molar-refractivity contribution is 5.93. The van der Waals surface area contributed by atoms with Gasteiger partial charge in [0.25, 0.3) is 5.69 Å². The summed E-state index contributed by atoms with van der Waals surface area (Å²) in [6.07, 6.45) is 0.947. The molecule has 2 rings (SSSR count). The third kappa shape index (κ3) is 4.16. The van der Waals surface area contributed by atoms with Crippen LogP contribution in [0.25, 0.3) is 0 Å². The van der Waals surface area contributed by atoms with Gasteiger partial charge in [-0.1, -0.05) is 50.2 Å². The van der Waals surface area contributed by atoms with Gasteiger partial charge in [-0.2, -0.15) is 0 Å². The van der Waals surface area contributed by atoms with Crippen LogP contribution in [-0.4, -0.2) is 10.8 Å². The zero-order valence-corrected chi connectivity index (χ0v) is 13.3. The third-order valence-corrected chi connectivity index (χ3v) is 3.92. The van der Waals surface area contributed by atoms with Gasteiger partial charge in [-0.05, 0) is 24.0 Å². The molecular formula is C18H20N2O3. The largest absolute Gasteiger partial charge is 0.326 e. The van der Waals surface area contributed by atoms with Gasteiger partial charge in [-0.15, -0.1) is 0 Å². The number of nitro groups is 1. The van der Waals surface area contributed by atoms with Gasteiger partial charge in [0.2, 0.25) is 5.91 Å². The fraction of sp³-hybridized carbons (Fsp3) is 0.278. The molecule has 1 amide bonds. The van der Waals surface area contributed by atoms with Crippen LogP contribution in [0.2, 0.25) is 0 Å². The van der Waals surface area contributed by atoms with E-state index in [9.17, 15) is 14.9 Å². The maximum absolute atomic E-state index is 12.3. The van der Waals surface area contributed by atoms with Gasteiger partial charge >= 0.3 is 0 Å². The summed E-state index contributed by atoms with van der Waals surface area (Å²) in [5.41, 5.74) is 2.23. The van der Waals surface area contributed by atoms with Crippen LogP contribution in [0.3, 0.4) is 0 Å². The molecular weight excluding hydrogens is 292 g/mol. The van der Waals surface area contributed by atoms with Crippen molar-refractivity contribution in [2.75, 3.05) is 5.32 Å². The van der Waals surface area contributed by atoms with Gasteiger partial charge in [-0.25, -0.2) is 0 Å². The Morgan fingerprint density at radius 1 is 1.17 bits per heavy atom. The Kier molecular flexibility index (Phi) is 5.46. The SMILES string of the molecule is CCC(C)c1ccccc1NC(=O)Cc1ccccc1[N+](=O)[O-]. The predicted octanol–water partition coefficient (Wildman–Crippen LogP) is 4.29. The normalized spacial score (nSPS) is 11.7. The average Bonchev–Trinajstić information content (AvgIpc) is 2.55. The Morgan fingerprint density at radius 3 is 2.52 bits per heavy atom. The number of nitro benzene ring substituents is 1. The predicted molar refractivity (Wildman–Crippen MR) is 90.6 cm³/mol. The number of carbonyl (C=O) groups is 1. The van der Waals surface area contributed by atoms with E-state index in [1.165, 1.54) is 6.07 Å². The number of rotatable bonds is 6. The summed E-state index contributed by atoms with van der Waals surface area (Å²) in [4.78, 5) is 22.8. The molecule has 120 valence electrons. The average molecular weight is 312 g/mol. The summed E-state index contributed by atoms with van der Waals surface area (Å²) >= 11 is 0. The van der Waals surface area contributed by atoms with Gasteiger partial charge in [0.05, 0.1) is 11.3 Å². The van der Waals surface area contributed by atoms with Crippen molar-refractivity contribution in [3.63, 3.8) is 0 Å². The lowest BCUT2D eigenvalue weighted by Gasteiger charge is -2.15. The number of nitrogens with one attached hydrogen (secondary N) is 1. The molecule has 2 aromatic carbocycles. The van der Waals surface area contributed by atoms with Crippen molar-refractivity contribution < 1.29 is 9.72 Å². The second kappa shape index (κ2) is 7.54. The highest BCUT2D eigenvalue weighted by atomic mass is 16.6. The summed E-state index contributed by atoms with van der Waals surface area (Å²) < 4.78 is 0. The standard InChI is InChI=1S/C18H20N2O3/c1-3-13(2)15-9-5-6-10-16(15)19-18(21)12-14-8-4-7-11-17(14)20(22)23/h4-11,13H,3,12H2,1-2H3,(H,19,21). The fourth-order valence-corrected chi connectivity index (χ4v) is 2.47. The number of hydrogen-bond acceptors (Lipinski definition) is 3. The minimum Gasteiger partial charge on any atom is -0.326 e. The molecule has 2 aromatic rings. The van der Waals surface area contributed by atoms with Gasteiger partial charge in [0.15, 0.2) is 0 Å². The van der Waals surface area contributed by atoms with E-state index in [4.69, 9.17) is 0 Å². The van der Waals surface area contributed by atoms with Crippen molar-refractivity contribution in [2.24, 2.45) is 0 Å². The van der Waals surface area contributed by atoms with E-state index in [-0.39, 0.29) is 18.0 Å². The van der Waals surface area contributed by atoms with E-state index in [0.29, 0.717) is 11.5 Å². The Labute approximate surface area is 135 Å². The van der Waals surface area contributed by atoms with Crippen LogP contribution < -0.4 is 5.32 Å². The molecule has 5 nitrogen and oxygen atoms in total. The quantitative estimate of drug-likeness (QED) is 0.639. The molecule has 0 aromatic heterocycles. The minimum absolute atomic E-state index is 0.0218. The van der Waals surface area contributed by atoms with Crippen molar-refractivity contribution in [3.05, 3.63) is 69.8 Å². The molecule has 0 aliphatic rings. The van der Waals surface area contributed by atoms with Crippen LogP contribution in [0.1, 0.15) is 37.3 Å².